The zero-order valence-electron chi connectivity index (χ0n) is 10.4. The van der Waals surface area contributed by atoms with Gasteiger partial charge in [0.2, 0.25) is 0 Å². The van der Waals surface area contributed by atoms with Crippen molar-refractivity contribution in [3.8, 4) is 11.8 Å². The Balaban J connectivity index is 2.15. The maximum atomic E-state index is 11.6. The van der Waals surface area contributed by atoms with Crippen LogP contribution in [-0.4, -0.2) is 10.8 Å². The third-order valence-corrected chi connectivity index (χ3v) is 2.44. The van der Waals surface area contributed by atoms with Gasteiger partial charge in [0.25, 0.3) is 5.69 Å². The van der Waals surface area contributed by atoms with Crippen molar-refractivity contribution in [2.45, 2.75) is 0 Å². The van der Waals surface area contributed by atoms with E-state index in [2.05, 4.69) is 17.2 Å². The summed E-state index contributed by atoms with van der Waals surface area (Å²) in [5.74, 6) is 4.33. The molecular formula is C15H10N2O3. The standard InChI is InChI=1S/C15H10N2O3/c18-15(16-13-7-2-1-3-8-13)11-10-12-6-4-5-9-14(12)17(19)20/h1-9H,(H,16,18). The first-order chi connectivity index (χ1) is 9.66. The molecule has 0 spiro atoms. The maximum absolute atomic E-state index is 11.6. The number of hydrogen-bond donors (Lipinski definition) is 1. The monoisotopic (exact) mass is 266 g/mol. The number of anilines is 1. The Bertz CT molecular complexity index is 700. The summed E-state index contributed by atoms with van der Waals surface area (Å²) in [6, 6.07) is 14.9. The molecule has 1 amide bonds. The summed E-state index contributed by atoms with van der Waals surface area (Å²) >= 11 is 0. The van der Waals surface area contributed by atoms with E-state index in [0.717, 1.165) is 0 Å². The predicted molar refractivity (Wildman–Crippen MR) is 75.0 cm³/mol. The summed E-state index contributed by atoms with van der Waals surface area (Å²) < 4.78 is 0. The summed E-state index contributed by atoms with van der Waals surface area (Å²) in [5, 5.41) is 13.4. The Morgan fingerprint density at radius 3 is 2.40 bits per heavy atom. The summed E-state index contributed by atoms with van der Waals surface area (Å²) in [6.07, 6.45) is 0. The van der Waals surface area contributed by atoms with E-state index in [0.29, 0.717) is 5.69 Å². The molecule has 98 valence electrons. The molecule has 20 heavy (non-hydrogen) atoms. The average Bonchev–Trinajstić information content (AvgIpc) is 2.46. The van der Waals surface area contributed by atoms with Gasteiger partial charge in [0.05, 0.1) is 4.92 Å². The maximum Gasteiger partial charge on any atom is 0.300 e. The molecule has 0 saturated carbocycles. The molecule has 0 atom stereocenters. The van der Waals surface area contributed by atoms with Gasteiger partial charge >= 0.3 is 5.91 Å². The van der Waals surface area contributed by atoms with Crippen molar-refractivity contribution in [2.24, 2.45) is 0 Å². The molecule has 0 bridgehead atoms. The molecule has 2 aromatic carbocycles. The van der Waals surface area contributed by atoms with Gasteiger partial charge in [-0.2, -0.15) is 0 Å². The fraction of sp³-hybridized carbons (Fsp3) is 0. The zero-order chi connectivity index (χ0) is 14.4. The third kappa shape index (κ3) is 3.43. The van der Waals surface area contributed by atoms with Crippen LogP contribution in [0.15, 0.2) is 54.6 Å². The van der Waals surface area contributed by atoms with Crippen LogP contribution in [0.1, 0.15) is 5.56 Å². The van der Waals surface area contributed by atoms with Gasteiger partial charge in [-0.05, 0) is 24.1 Å². The van der Waals surface area contributed by atoms with Gasteiger partial charge in [0.15, 0.2) is 0 Å². The van der Waals surface area contributed by atoms with E-state index < -0.39 is 10.8 Å². The molecule has 0 fully saturated rings. The van der Waals surface area contributed by atoms with E-state index in [1.807, 2.05) is 6.07 Å². The Hall–Kier alpha value is -3.13. The Kier molecular flexibility index (Phi) is 4.10. The second-order valence-corrected chi connectivity index (χ2v) is 3.84. The molecule has 0 aliphatic rings. The number of carbonyl (C=O) groups excluding carboxylic acids is 1. The van der Waals surface area contributed by atoms with Gasteiger partial charge in [-0.15, -0.1) is 0 Å². The molecule has 0 aromatic heterocycles. The average molecular weight is 266 g/mol. The van der Waals surface area contributed by atoms with E-state index in [4.69, 9.17) is 0 Å². The molecule has 5 heteroatoms. The van der Waals surface area contributed by atoms with Crippen molar-refractivity contribution in [3.63, 3.8) is 0 Å². The van der Waals surface area contributed by atoms with Gasteiger partial charge < -0.3 is 5.32 Å². The molecule has 2 aromatic rings. The van der Waals surface area contributed by atoms with Gasteiger partial charge in [-0.25, -0.2) is 0 Å². The highest BCUT2D eigenvalue weighted by molar-refractivity contribution is 6.04. The largest absolute Gasteiger partial charge is 0.315 e. The van der Waals surface area contributed by atoms with E-state index in [-0.39, 0.29) is 11.3 Å². The van der Waals surface area contributed by atoms with Crippen LogP contribution in [0.4, 0.5) is 11.4 Å². The van der Waals surface area contributed by atoms with Gasteiger partial charge in [-0.3, -0.25) is 14.9 Å². The highest BCUT2D eigenvalue weighted by Crippen LogP contribution is 2.15. The lowest BCUT2D eigenvalue weighted by molar-refractivity contribution is -0.385. The van der Waals surface area contributed by atoms with Gasteiger partial charge in [0.1, 0.15) is 5.56 Å². The Labute approximate surface area is 115 Å². The number of nitro benzene ring substituents is 1. The lowest BCUT2D eigenvalue weighted by Crippen LogP contribution is -2.08. The van der Waals surface area contributed by atoms with Crippen molar-refractivity contribution in [1.29, 1.82) is 0 Å². The van der Waals surface area contributed by atoms with Crippen LogP contribution >= 0.6 is 0 Å². The second-order valence-electron chi connectivity index (χ2n) is 3.84. The third-order valence-electron chi connectivity index (χ3n) is 2.44. The molecule has 0 heterocycles. The van der Waals surface area contributed by atoms with Crippen LogP contribution in [0.25, 0.3) is 0 Å². The summed E-state index contributed by atoms with van der Waals surface area (Å²) in [6.45, 7) is 0. The molecular weight excluding hydrogens is 256 g/mol. The Morgan fingerprint density at radius 2 is 1.70 bits per heavy atom. The number of amides is 1. The van der Waals surface area contributed by atoms with E-state index >= 15 is 0 Å². The van der Waals surface area contributed by atoms with Crippen LogP contribution < -0.4 is 5.32 Å². The number of nitrogens with zero attached hydrogens (tertiary/aromatic N) is 1. The molecule has 1 N–H and O–H groups in total. The number of nitrogens with one attached hydrogen (secondary N) is 1. The molecule has 0 radical (unpaired) electrons. The van der Waals surface area contributed by atoms with Crippen LogP contribution in [-0.2, 0) is 4.79 Å². The number of para-hydroxylation sites is 2. The number of benzene rings is 2. The normalized spacial score (nSPS) is 9.20. The summed E-state index contributed by atoms with van der Waals surface area (Å²) in [7, 11) is 0. The number of hydrogen-bond acceptors (Lipinski definition) is 3. The van der Waals surface area contributed by atoms with Crippen molar-refractivity contribution >= 4 is 17.3 Å². The van der Waals surface area contributed by atoms with Crippen molar-refractivity contribution < 1.29 is 9.72 Å². The first-order valence-electron chi connectivity index (χ1n) is 5.78. The van der Waals surface area contributed by atoms with E-state index in [9.17, 15) is 14.9 Å². The van der Waals surface area contributed by atoms with Crippen LogP contribution in [0.2, 0.25) is 0 Å². The molecule has 5 nitrogen and oxygen atoms in total. The van der Waals surface area contributed by atoms with Crippen LogP contribution in [0.3, 0.4) is 0 Å². The smallest absolute Gasteiger partial charge is 0.300 e. The molecule has 0 aliphatic carbocycles. The molecule has 0 unspecified atom stereocenters. The Morgan fingerprint density at radius 1 is 1.05 bits per heavy atom. The lowest BCUT2D eigenvalue weighted by atomic mass is 10.2. The summed E-state index contributed by atoms with van der Waals surface area (Å²) in [5.41, 5.74) is 0.711. The fourth-order valence-electron chi connectivity index (χ4n) is 1.55. The highest BCUT2D eigenvalue weighted by atomic mass is 16.6. The minimum atomic E-state index is -0.529. The topological polar surface area (TPSA) is 72.2 Å². The van der Waals surface area contributed by atoms with Crippen LogP contribution in [0.5, 0.6) is 0 Å². The van der Waals surface area contributed by atoms with Crippen molar-refractivity contribution in [2.75, 3.05) is 5.32 Å². The zero-order valence-corrected chi connectivity index (χ0v) is 10.4. The second kappa shape index (κ2) is 6.16. The quantitative estimate of drug-likeness (QED) is 0.516. The molecule has 0 saturated heterocycles. The number of carbonyl (C=O) groups is 1. The molecule has 0 aliphatic heterocycles. The minimum absolute atomic E-state index is 0.118. The first-order valence-corrected chi connectivity index (χ1v) is 5.78. The first kappa shape index (κ1) is 13.3. The summed E-state index contributed by atoms with van der Waals surface area (Å²) in [4.78, 5) is 21.9. The van der Waals surface area contributed by atoms with Gasteiger partial charge in [0, 0.05) is 17.7 Å². The molecule has 2 rings (SSSR count). The SMILES string of the molecule is O=C(C#Cc1ccccc1[N+](=O)[O-])Nc1ccccc1. The number of rotatable bonds is 2. The lowest BCUT2D eigenvalue weighted by Gasteiger charge is -1.98. The predicted octanol–water partition coefficient (Wildman–Crippen LogP) is 2.59. The van der Waals surface area contributed by atoms with Crippen LogP contribution in [0, 0.1) is 22.0 Å². The van der Waals surface area contributed by atoms with E-state index in [1.54, 1.807) is 36.4 Å². The van der Waals surface area contributed by atoms with E-state index in [1.165, 1.54) is 12.1 Å². The van der Waals surface area contributed by atoms with Crippen molar-refractivity contribution in [3.05, 3.63) is 70.3 Å². The highest BCUT2D eigenvalue weighted by Gasteiger charge is 2.09. The fourth-order valence-corrected chi connectivity index (χ4v) is 1.55. The minimum Gasteiger partial charge on any atom is -0.315 e. The van der Waals surface area contributed by atoms with Crippen molar-refractivity contribution in [1.82, 2.24) is 0 Å². The number of nitro groups is 1. The van der Waals surface area contributed by atoms with Gasteiger partial charge in [-0.1, -0.05) is 30.3 Å².